The number of benzene rings is 1. The summed E-state index contributed by atoms with van der Waals surface area (Å²) in [7, 11) is 0. The Labute approximate surface area is 117 Å². The number of fused-ring (bicyclic) bond motifs is 2. The van der Waals surface area contributed by atoms with Gasteiger partial charge in [-0.2, -0.15) is 15.1 Å². The fourth-order valence-corrected chi connectivity index (χ4v) is 2.90. The van der Waals surface area contributed by atoms with Crippen LogP contribution in [0.25, 0.3) is 21.1 Å². The molecule has 0 unspecified atom stereocenters. The van der Waals surface area contributed by atoms with E-state index < -0.39 is 0 Å². The molecule has 0 saturated heterocycles. The van der Waals surface area contributed by atoms with E-state index in [0.717, 1.165) is 11.1 Å². The second-order valence-corrected chi connectivity index (χ2v) is 5.31. The standard InChI is InChI=1S/C13H10N6S/c14-13-17-11(9-6-15-19-12(9)18-13)16-8-1-2-10-7(5-8)3-4-20-10/h1-6H,(H4,14,15,16,17,18,19). The number of hydrogen-bond acceptors (Lipinski definition) is 6. The van der Waals surface area contributed by atoms with Crippen LogP contribution >= 0.6 is 11.3 Å². The van der Waals surface area contributed by atoms with Crippen molar-refractivity contribution in [1.82, 2.24) is 20.2 Å². The van der Waals surface area contributed by atoms with Gasteiger partial charge in [0.25, 0.3) is 0 Å². The van der Waals surface area contributed by atoms with Gasteiger partial charge in [-0.15, -0.1) is 11.3 Å². The minimum absolute atomic E-state index is 0.209. The van der Waals surface area contributed by atoms with Crippen LogP contribution in [0, 0.1) is 0 Å². The number of nitrogen functional groups attached to an aromatic ring is 1. The molecule has 0 aliphatic rings. The van der Waals surface area contributed by atoms with Crippen molar-refractivity contribution in [2.45, 2.75) is 0 Å². The van der Waals surface area contributed by atoms with Gasteiger partial charge in [0.05, 0.1) is 11.6 Å². The molecule has 0 radical (unpaired) electrons. The van der Waals surface area contributed by atoms with Crippen molar-refractivity contribution in [3.63, 3.8) is 0 Å². The van der Waals surface area contributed by atoms with Crippen LogP contribution in [0.5, 0.6) is 0 Å². The number of aromatic nitrogens is 4. The summed E-state index contributed by atoms with van der Waals surface area (Å²) >= 11 is 1.72. The first-order chi connectivity index (χ1) is 9.79. The minimum atomic E-state index is 0.209. The number of thiophene rings is 1. The molecule has 6 nitrogen and oxygen atoms in total. The maximum atomic E-state index is 5.70. The van der Waals surface area contributed by atoms with E-state index >= 15 is 0 Å². The summed E-state index contributed by atoms with van der Waals surface area (Å²) in [4.78, 5) is 8.32. The molecule has 0 bridgehead atoms. The second kappa shape index (κ2) is 4.17. The first kappa shape index (κ1) is 11.2. The number of nitrogens with one attached hydrogen (secondary N) is 2. The highest BCUT2D eigenvalue weighted by Crippen LogP contribution is 2.27. The van der Waals surface area contributed by atoms with Gasteiger partial charge in [0, 0.05) is 10.4 Å². The van der Waals surface area contributed by atoms with Crippen molar-refractivity contribution in [2.75, 3.05) is 11.1 Å². The van der Waals surface area contributed by atoms with E-state index in [1.54, 1.807) is 17.5 Å². The number of nitrogens with two attached hydrogens (primary N) is 1. The SMILES string of the molecule is Nc1nc(Nc2ccc3sccc3c2)c2cn[nH]c2n1. The van der Waals surface area contributed by atoms with Gasteiger partial charge in [-0.1, -0.05) is 0 Å². The van der Waals surface area contributed by atoms with Crippen LogP contribution in [0.15, 0.2) is 35.8 Å². The van der Waals surface area contributed by atoms with Crippen molar-refractivity contribution in [2.24, 2.45) is 0 Å². The molecular formula is C13H10N6S. The Morgan fingerprint density at radius 1 is 1.20 bits per heavy atom. The van der Waals surface area contributed by atoms with Crippen LogP contribution in [-0.4, -0.2) is 20.2 Å². The van der Waals surface area contributed by atoms with Gasteiger partial charge in [0.2, 0.25) is 5.95 Å². The van der Waals surface area contributed by atoms with Gasteiger partial charge in [-0.25, -0.2) is 0 Å². The summed E-state index contributed by atoms with van der Waals surface area (Å²) in [5.41, 5.74) is 7.28. The Hall–Kier alpha value is -2.67. The van der Waals surface area contributed by atoms with E-state index in [2.05, 4.69) is 49.1 Å². The number of anilines is 3. The summed E-state index contributed by atoms with van der Waals surface area (Å²) < 4.78 is 1.26. The third-order valence-corrected chi connectivity index (χ3v) is 3.94. The van der Waals surface area contributed by atoms with Crippen LogP contribution in [0.3, 0.4) is 0 Å². The molecule has 0 atom stereocenters. The van der Waals surface area contributed by atoms with Crippen LogP contribution in [0.4, 0.5) is 17.5 Å². The highest BCUT2D eigenvalue weighted by atomic mass is 32.1. The van der Waals surface area contributed by atoms with Crippen molar-refractivity contribution in [1.29, 1.82) is 0 Å². The topological polar surface area (TPSA) is 92.5 Å². The van der Waals surface area contributed by atoms with Crippen molar-refractivity contribution in [3.05, 3.63) is 35.8 Å². The molecule has 3 aromatic heterocycles. The number of aromatic amines is 1. The maximum absolute atomic E-state index is 5.70. The van der Waals surface area contributed by atoms with Crippen LogP contribution in [0.2, 0.25) is 0 Å². The van der Waals surface area contributed by atoms with Crippen molar-refractivity contribution in [3.8, 4) is 0 Å². The smallest absolute Gasteiger partial charge is 0.224 e. The monoisotopic (exact) mass is 282 g/mol. The lowest BCUT2D eigenvalue weighted by atomic mass is 10.2. The predicted octanol–water partition coefficient (Wildman–Crippen LogP) is 2.89. The van der Waals surface area contributed by atoms with Crippen molar-refractivity contribution >= 4 is 49.9 Å². The van der Waals surface area contributed by atoms with E-state index in [-0.39, 0.29) is 5.95 Å². The molecule has 4 rings (SSSR count). The number of H-pyrrole nitrogens is 1. The second-order valence-electron chi connectivity index (χ2n) is 4.36. The van der Waals surface area contributed by atoms with E-state index in [4.69, 9.17) is 5.73 Å². The number of rotatable bonds is 2. The van der Waals surface area contributed by atoms with Gasteiger partial charge in [0.1, 0.15) is 5.82 Å². The van der Waals surface area contributed by atoms with Crippen LogP contribution in [0.1, 0.15) is 0 Å². The molecule has 0 saturated carbocycles. The van der Waals surface area contributed by atoms with E-state index in [1.165, 1.54) is 10.1 Å². The lowest BCUT2D eigenvalue weighted by molar-refractivity contribution is 1.09. The Morgan fingerprint density at radius 2 is 2.15 bits per heavy atom. The normalized spacial score (nSPS) is 11.2. The molecule has 0 aliphatic heterocycles. The zero-order valence-corrected chi connectivity index (χ0v) is 11.1. The van der Waals surface area contributed by atoms with E-state index in [0.29, 0.717) is 11.5 Å². The third-order valence-electron chi connectivity index (χ3n) is 3.04. The number of hydrogen-bond donors (Lipinski definition) is 3. The van der Waals surface area contributed by atoms with Crippen LogP contribution in [-0.2, 0) is 0 Å². The molecular weight excluding hydrogens is 272 g/mol. The summed E-state index contributed by atoms with van der Waals surface area (Å²) in [5.74, 6) is 0.858. The van der Waals surface area contributed by atoms with Gasteiger partial charge in [0.15, 0.2) is 5.65 Å². The fraction of sp³-hybridized carbons (Fsp3) is 0. The zero-order chi connectivity index (χ0) is 13.5. The first-order valence-electron chi connectivity index (χ1n) is 6.00. The quantitative estimate of drug-likeness (QED) is 0.525. The van der Waals surface area contributed by atoms with Gasteiger partial charge >= 0.3 is 0 Å². The van der Waals surface area contributed by atoms with Gasteiger partial charge < -0.3 is 11.1 Å². The van der Waals surface area contributed by atoms with Crippen LogP contribution < -0.4 is 11.1 Å². The lowest BCUT2D eigenvalue weighted by Gasteiger charge is -2.07. The third kappa shape index (κ3) is 1.76. The fourth-order valence-electron chi connectivity index (χ4n) is 2.13. The largest absolute Gasteiger partial charge is 0.368 e. The highest BCUT2D eigenvalue weighted by molar-refractivity contribution is 7.17. The Kier molecular flexibility index (Phi) is 2.33. The zero-order valence-electron chi connectivity index (χ0n) is 10.3. The summed E-state index contributed by atoms with van der Waals surface area (Å²) in [6, 6.07) is 8.27. The highest BCUT2D eigenvalue weighted by Gasteiger charge is 2.08. The van der Waals surface area contributed by atoms with Crippen molar-refractivity contribution < 1.29 is 0 Å². The van der Waals surface area contributed by atoms with E-state index in [1.807, 2.05) is 6.07 Å². The van der Waals surface area contributed by atoms with E-state index in [9.17, 15) is 0 Å². The molecule has 3 heterocycles. The summed E-state index contributed by atoms with van der Waals surface area (Å²) in [6.45, 7) is 0. The Morgan fingerprint density at radius 3 is 3.10 bits per heavy atom. The molecule has 7 heteroatoms. The minimum Gasteiger partial charge on any atom is -0.368 e. The molecule has 4 aromatic rings. The molecule has 98 valence electrons. The Bertz CT molecular complexity index is 909. The molecule has 0 amide bonds. The molecule has 0 spiro atoms. The Balaban J connectivity index is 1.81. The average molecular weight is 282 g/mol. The van der Waals surface area contributed by atoms with Gasteiger partial charge in [-0.05, 0) is 35.0 Å². The molecule has 4 N–H and O–H groups in total. The maximum Gasteiger partial charge on any atom is 0.224 e. The van der Waals surface area contributed by atoms with Gasteiger partial charge in [-0.3, -0.25) is 5.10 Å². The molecule has 1 aromatic carbocycles. The average Bonchev–Trinajstić information content (AvgIpc) is 3.05. The summed E-state index contributed by atoms with van der Waals surface area (Å²) in [6.07, 6.45) is 1.68. The predicted molar refractivity (Wildman–Crippen MR) is 81.2 cm³/mol. The molecule has 0 fully saturated rings. The first-order valence-corrected chi connectivity index (χ1v) is 6.88. The summed E-state index contributed by atoms with van der Waals surface area (Å²) in [5, 5.41) is 14.1. The molecule has 20 heavy (non-hydrogen) atoms. The lowest BCUT2D eigenvalue weighted by Crippen LogP contribution is -2.00. The molecule has 0 aliphatic carbocycles. The number of nitrogens with zero attached hydrogens (tertiary/aromatic N) is 3.